The molecule has 0 aliphatic heterocycles. The smallest absolute Gasteiger partial charge is 0.339 e. The fourth-order valence-corrected chi connectivity index (χ4v) is 3.32. The van der Waals surface area contributed by atoms with Crippen molar-refractivity contribution in [3.63, 3.8) is 0 Å². The van der Waals surface area contributed by atoms with Crippen LogP contribution in [0.4, 0.5) is 0 Å². The molecule has 0 amide bonds. The first-order valence-electron chi connectivity index (χ1n) is 7.82. The van der Waals surface area contributed by atoms with E-state index in [9.17, 15) is 4.79 Å². The molecule has 4 rings (SSSR count). The summed E-state index contributed by atoms with van der Waals surface area (Å²) in [5.41, 5.74) is 5.83. The van der Waals surface area contributed by atoms with E-state index in [2.05, 4.69) is 12.1 Å². The minimum atomic E-state index is -0.363. The van der Waals surface area contributed by atoms with Gasteiger partial charge in [0.1, 0.15) is 0 Å². The van der Waals surface area contributed by atoms with Crippen molar-refractivity contribution in [1.29, 1.82) is 0 Å². The van der Waals surface area contributed by atoms with Crippen LogP contribution >= 0.6 is 11.6 Å². The largest absolute Gasteiger partial charge is 0.449 e. The van der Waals surface area contributed by atoms with Crippen LogP contribution in [0.5, 0.6) is 0 Å². The van der Waals surface area contributed by atoms with E-state index in [4.69, 9.17) is 16.3 Å². The fourth-order valence-electron chi connectivity index (χ4n) is 3.14. The van der Waals surface area contributed by atoms with Crippen LogP contribution in [0, 0.1) is 0 Å². The first kappa shape index (κ1) is 15.0. The van der Waals surface area contributed by atoms with Gasteiger partial charge in [-0.3, -0.25) is 0 Å². The maximum Gasteiger partial charge on any atom is 0.339 e. The van der Waals surface area contributed by atoms with Crippen LogP contribution in [-0.2, 0) is 10.6 Å². The average molecular weight is 335 g/mol. The van der Waals surface area contributed by atoms with Crippen molar-refractivity contribution in [1.82, 2.24) is 0 Å². The summed E-state index contributed by atoms with van der Waals surface area (Å²) in [6.07, 6.45) is -0.363. The molecule has 0 radical (unpaired) electrons. The Bertz CT molecular complexity index is 854. The molecule has 0 saturated heterocycles. The van der Waals surface area contributed by atoms with Gasteiger partial charge >= 0.3 is 5.97 Å². The molecule has 0 fully saturated rings. The predicted molar refractivity (Wildman–Crippen MR) is 95.1 cm³/mol. The Morgan fingerprint density at radius 3 is 1.92 bits per heavy atom. The maximum absolute atomic E-state index is 12.6. The van der Waals surface area contributed by atoms with Crippen LogP contribution in [0.1, 0.15) is 33.2 Å². The molecule has 0 bridgehead atoms. The van der Waals surface area contributed by atoms with E-state index >= 15 is 0 Å². The highest BCUT2D eigenvalue weighted by molar-refractivity contribution is 6.17. The number of fused-ring (bicyclic) bond motifs is 3. The molecule has 118 valence electrons. The number of esters is 1. The Labute approximate surface area is 145 Å². The summed E-state index contributed by atoms with van der Waals surface area (Å²) in [6, 6.07) is 23.3. The molecule has 0 saturated carbocycles. The summed E-state index contributed by atoms with van der Waals surface area (Å²) >= 11 is 5.79. The number of benzene rings is 3. The van der Waals surface area contributed by atoms with Crippen molar-refractivity contribution in [3.05, 3.63) is 95.1 Å². The Kier molecular flexibility index (Phi) is 3.83. The molecule has 24 heavy (non-hydrogen) atoms. The molecule has 3 aromatic rings. The van der Waals surface area contributed by atoms with Gasteiger partial charge in [0, 0.05) is 17.0 Å². The molecule has 3 aromatic carbocycles. The lowest BCUT2D eigenvalue weighted by Gasteiger charge is -2.15. The van der Waals surface area contributed by atoms with Crippen molar-refractivity contribution < 1.29 is 9.53 Å². The number of alkyl halides is 1. The molecule has 2 nitrogen and oxygen atoms in total. The molecule has 0 spiro atoms. The molecule has 1 aliphatic carbocycles. The molecule has 0 aromatic heterocycles. The van der Waals surface area contributed by atoms with Gasteiger partial charge in [0.25, 0.3) is 0 Å². The van der Waals surface area contributed by atoms with Gasteiger partial charge in [-0.15, -0.1) is 11.6 Å². The zero-order chi connectivity index (χ0) is 16.5. The minimum absolute atomic E-state index is 0.326. The third-order valence-electron chi connectivity index (χ3n) is 4.35. The van der Waals surface area contributed by atoms with Crippen LogP contribution < -0.4 is 0 Å². The number of carbonyl (C=O) groups is 1. The molecular formula is C21H15ClO2. The van der Waals surface area contributed by atoms with Gasteiger partial charge in [0.15, 0.2) is 6.10 Å². The zero-order valence-electron chi connectivity index (χ0n) is 12.9. The molecule has 0 atom stereocenters. The SMILES string of the molecule is O=C(OC1c2ccccc2-c2ccccc21)c1ccc(CCl)cc1. The second-order valence-corrected chi connectivity index (χ2v) is 6.06. The number of hydrogen-bond donors (Lipinski definition) is 0. The monoisotopic (exact) mass is 334 g/mol. The average Bonchev–Trinajstić information content (AvgIpc) is 2.96. The van der Waals surface area contributed by atoms with Crippen molar-refractivity contribution in [2.24, 2.45) is 0 Å². The van der Waals surface area contributed by atoms with Gasteiger partial charge in [-0.1, -0.05) is 60.7 Å². The van der Waals surface area contributed by atoms with Crippen LogP contribution in [0.3, 0.4) is 0 Å². The van der Waals surface area contributed by atoms with Crippen molar-refractivity contribution in [2.45, 2.75) is 12.0 Å². The number of halogens is 1. The summed E-state index contributed by atoms with van der Waals surface area (Å²) < 4.78 is 5.85. The Balaban J connectivity index is 1.67. The highest BCUT2D eigenvalue weighted by Crippen LogP contribution is 2.45. The van der Waals surface area contributed by atoms with E-state index in [-0.39, 0.29) is 12.1 Å². The van der Waals surface area contributed by atoms with E-state index in [1.807, 2.05) is 48.5 Å². The summed E-state index contributed by atoms with van der Waals surface area (Å²) in [6.45, 7) is 0. The summed E-state index contributed by atoms with van der Waals surface area (Å²) in [5, 5.41) is 0. The molecule has 3 heteroatoms. The third-order valence-corrected chi connectivity index (χ3v) is 4.65. The summed E-state index contributed by atoms with van der Waals surface area (Å²) in [5.74, 6) is 0.103. The highest BCUT2D eigenvalue weighted by atomic mass is 35.5. The molecule has 1 aliphatic rings. The van der Waals surface area contributed by atoms with Crippen molar-refractivity contribution in [3.8, 4) is 11.1 Å². The van der Waals surface area contributed by atoms with Crippen LogP contribution in [0.15, 0.2) is 72.8 Å². The Morgan fingerprint density at radius 2 is 1.38 bits per heavy atom. The summed E-state index contributed by atoms with van der Waals surface area (Å²) in [4.78, 5) is 12.6. The van der Waals surface area contributed by atoms with E-state index < -0.39 is 0 Å². The van der Waals surface area contributed by atoms with Gasteiger partial charge in [-0.2, -0.15) is 0 Å². The molecular weight excluding hydrogens is 320 g/mol. The second-order valence-electron chi connectivity index (χ2n) is 5.79. The van der Waals surface area contributed by atoms with Gasteiger partial charge in [0.2, 0.25) is 0 Å². The topological polar surface area (TPSA) is 26.3 Å². The minimum Gasteiger partial charge on any atom is -0.449 e. The highest BCUT2D eigenvalue weighted by Gasteiger charge is 2.31. The maximum atomic E-state index is 12.6. The Morgan fingerprint density at radius 1 is 0.833 bits per heavy atom. The van der Waals surface area contributed by atoms with E-state index in [0.29, 0.717) is 11.4 Å². The van der Waals surface area contributed by atoms with Gasteiger partial charge < -0.3 is 4.74 Å². The standard InChI is InChI=1S/C21H15ClO2/c22-13-14-9-11-15(12-10-14)21(23)24-20-18-7-3-1-5-16(18)17-6-2-4-8-19(17)20/h1-12,20H,13H2. The number of rotatable bonds is 3. The van der Waals surface area contributed by atoms with Crippen LogP contribution in [0.25, 0.3) is 11.1 Å². The predicted octanol–water partition coefficient (Wildman–Crippen LogP) is 5.35. The fraction of sp³-hybridized carbons (Fsp3) is 0.0952. The van der Waals surface area contributed by atoms with Gasteiger partial charge in [-0.05, 0) is 28.8 Å². The summed E-state index contributed by atoms with van der Waals surface area (Å²) in [7, 11) is 0. The second kappa shape index (κ2) is 6.14. The number of carbonyl (C=O) groups excluding carboxylic acids is 1. The van der Waals surface area contributed by atoms with Gasteiger partial charge in [-0.25, -0.2) is 4.79 Å². The third kappa shape index (κ3) is 2.49. The van der Waals surface area contributed by atoms with Crippen molar-refractivity contribution in [2.75, 3.05) is 0 Å². The lowest BCUT2D eigenvalue weighted by Crippen LogP contribution is -2.11. The lowest BCUT2D eigenvalue weighted by molar-refractivity contribution is 0.0386. The molecule has 0 unspecified atom stereocenters. The van der Waals surface area contributed by atoms with E-state index in [0.717, 1.165) is 27.8 Å². The normalized spacial score (nSPS) is 12.5. The van der Waals surface area contributed by atoms with Crippen LogP contribution in [0.2, 0.25) is 0 Å². The first-order chi connectivity index (χ1) is 11.8. The van der Waals surface area contributed by atoms with E-state index in [1.165, 1.54) is 0 Å². The zero-order valence-corrected chi connectivity index (χ0v) is 13.7. The van der Waals surface area contributed by atoms with E-state index in [1.54, 1.807) is 12.1 Å². The van der Waals surface area contributed by atoms with Crippen molar-refractivity contribution >= 4 is 17.6 Å². The lowest BCUT2D eigenvalue weighted by atomic mass is 10.1. The quantitative estimate of drug-likeness (QED) is 0.476. The molecule has 0 heterocycles. The number of hydrogen-bond acceptors (Lipinski definition) is 2. The molecule has 0 N–H and O–H groups in total. The number of ether oxygens (including phenoxy) is 1. The first-order valence-corrected chi connectivity index (χ1v) is 8.35. The van der Waals surface area contributed by atoms with Crippen LogP contribution in [-0.4, -0.2) is 5.97 Å². The van der Waals surface area contributed by atoms with Gasteiger partial charge in [0.05, 0.1) is 5.56 Å². The Hall–Kier alpha value is -2.58.